The number of halogens is 2. The van der Waals surface area contributed by atoms with Crippen LogP contribution in [0.3, 0.4) is 0 Å². The van der Waals surface area contributed by atoms with E-state index in [-0.39, 0.29) is 18.0 Å². The van der Waals surface area contributed by atoms with Crippen molar-refractivity contribution >= 4 is 15.9 Å². The second-order valence-electron chi connectivity index (χ2n) is 4.65. The molecule has 2 nitrogen and oxygen atoms in total. The van der Waals surface area contributed by atoms with Gasteiger partial charge in [0.1, 0.15) is 17.7 Å². The minimum atomic E-state index is -0.345. The van der Waals surface area contributed by atoms with E-state index in [0.29, 0.717) is 12.0 Å². The summed E-state index contributed by atoms with van der Waals surface area (Å²) in [6.07, 6.45) is 0.229. The molecule has 0 aromatic heterocycles. The van der Waals surface area contributed by atoms with Crippen LogP contribution < -0.4 is 10.5 Å². The highest BCUT2D eigenvalue weighted by Gasteiger charge is 2.28. The van der Waals surface area contributed by atoms with Gasteiger partial charge in [0.25, 0.3) is 0 Å². The van der Waals surface area contributed by atoms with Crippen LogP contribution in [0.5, 0.6) is 5.75 Å². The first-order valence-electron chi connectivity index (χ1n) is 6.11. The summed E-state index contributed by atoms with van der Waals surface area (Å²) in [7, 11) is 0. The summed E-state index contributed by atoms with van der Waals surface area (Å²) in [5.74, 6) is 0.477. The van der Waals surface area contributed by atoms with Crippen LogP contribution in [0.1, 0.15) is 29.7 Å². The van der Waals surface area contributed by atoms with Crippen molar-refractivity contribution in [3.05, 3.63) is 63.9 Å². The third-order valence-corrected chi connectivity index (χ3v) is 3.85. The van der Waals surface area contributed by atoms with Gasteiger partial charge in [0.15, 0.2) is 0 Å². The van der Waals surface area contributed by atoms with Crippen molar-refractivity contribution < 1.29 is 9.13 Å². The van der Waals surface area contributed by atoms with Gasteiger partial charge >= 0.3 is 0 Å². The zero-order chi connectivity index (χ0) is 13.4. The Balaban J connectivity index is 1.99. The van der Waals surface area contributed by atoms with Crippen molar-refractivity contribution in [3.63, 3.8) is 0 Å². The van der Waals surface area contributed by atoms with E-state index in [1.807, 2.05) is 24.3 Å². The summed E-state index contributed by atoms with van der Waals surface area (Å²) in [5, 5.41) is 0. The number of fused-ring (bicyclic) bond motifs is 1. The van der Waals surface area contributed by atoms with Crippen molar-refractivity contribution in [1.82, 2.24) is 0 Å². The maximum atomic E-state index is 13.9. The summed E-state index contributed by atoms with van der Waals surface area (Å²) in [5.41, 5.74) is 7.67. The molecule has 0 bridgehead atoms. The number of ether oxygens (including phenoxy) is 1. The number of para-hydroxylation sites is 1. The summed E-state index contributed by atoms with van der Waals surface area (Å²) >= 11 is 3.36. The van der Waals surface area contributed by atoms with Crippen LogP contribution in [-0.2, 0) is 0 Å². The molecule has 4 heteroatoms. The van der Waals surface area contributed by atoms with Gasteiger partial charge in [-0.05, 0) is 24.3 Å². The molecule has 0 radical (unpaired) electrons. The van der Waals surface area contributed by atoms with E-state index in [1.54, 1.807) is 12.1 Å². The molecule has 1 heterocycles. The van der Waals surface area contributed by atoms with Crippen molar-refractivity contribution in [1.29, 1.82) is 0 Å². The first-order valence-corrected chi connectivity index (χ1v) is 6.90. The molecular weight excluding hydrogens is 309 g/mol. The van der Waals surface area contributed by atoms with Crippen LogP contribution in [0.4, 0.5) is 4.39 Å². The zero-order valence-corrected chi connectivity index (χ0v) is 11.7. The fourth-order valence-electron chi connectivity index (χ4n) is 2.40. The average Bonchev–Trinajstić information content (AvgIpc) is 2.41. The molecule has 98 valence electrons. The molecule has 1 unspecified atom stereocenters. The molecule has 0 fully saturated rings. The molecule has 0 aliphatic carbocycles. The van der Waals surface area contributed by atoms with Gasteiger partial charge in [0, 0.05) is 28.1 Å². The SMILES string of the molecule is N[C@@H]1CC(c2cc(Br)ccc2F)Oc2ccccc21. The Bertz CT molecular complexity index is 617. The van der Waals surface area contributed by atoms with Crippen molar-refractivity contribution in [2.45, 2.75) is 18.6 Å². The van der Waals surface area contributed by atoms with E-state index in [4.69, 9.17) is 10.5 Å². The predicted molar refractivity (Wildman–Crippen MR) is 75.5 cm³/mol. The maximum Gasteiger partial charge on any atom is 0.130 e. The molecule has 0 spiro atoms. The monoisotopic (exact) mass is 321 g/mol. The van der Waals surface area contributed by atoms with Crippen molar-refractivity contribution in [3.8, 4) is 5.75 Å². The predicted octanol–water partition coefficient (Wildman–Crippen LogP) is 4.11. The van der Waals surface area contributed by atoms with Gasteiger partial charge in [0.2, 0.25) is 0 Å². The van der Waals surface area contributed by atoms with E-state index < -0.39 is 0 Å². The largest absolute Gasteiger partial charge is 0.485 e. The Labute approximate surface area is 119 Å². The lowest BCUT2D eigenvalue weighted by molar-refractivity contribution is 0.157. The Kier molecular flexibility index (Phi) is 3.29. The summed E-state index contributed by atoms with van der Waals surface area (Å²) in [4.78, 5) is 0. The second-order valence-corrected chi connectivity index (χ2v) is 5.57. The lowest BCUT2D eigenvalue weighted by Crippen LogP contribution is -2.24. The van der Waals surface area contributed by atoms with Crippen molar-refractivity contribution in [2.75, 3.05) is 0 Å². The first-order chi connectivity index (χ1) is 9.15. The highest BCUT2D eigenvalue weighted by atomic mass is 79.9. The molecule has 2 atom stereocenters. The quantitative estimate of drug-likeness (QED) is 0.857. The molecule has 3 rings (SSSR count). The minimum absolute atomic E-state index is 0.131. The van der Waals surface area contributed by atoms with Gasteiger partial charge in [-0.2, -0.15) is 0 Å². The molecule has 1 aliphatic rings. The van der Waals surface area contributed by atoms with Gasteiger partial charge in [-0.15, -0.1) is 0 Å². The molecule has 2 N–H and O–H groups in total. The summed E-state index contributed by atoms with van der Waals surface area (Å²) in [6.45, 7) is 0. The molecular formula is C15H13BrFNO. The van der Waals surface area contributed by atoms with Crippen LogP contribution in [0.25, 0.3) is 0 Å². The Morgan fingerprint density at radius 2 is 1.95 bits per heavy atom. The lowest BCUT2D eigenvalue weighted by Gasteiger charge is -2.30. The maximum absolute atomic E-state index is 13.9. The minimum Gasteiger partial charge on any atom is -0.485 e. The first kappa shape index (κ1) is 12.6. The smallest absolute Gasteiger partial charge is 0.130 e. The highest BCUT2D eigenvalue weighted by molar-refractivity contribution is 9.10. The van der Waals surface area contributed by atoms with Gasteiger partial charge in [-0.1, -0.05) is 34.1 Å². The topological polar surface area (TPSA) is 35.2 Å². The van der Waals surface area contributed by atoms with Gasteiger partial charge in [0.05, 0.1) is 0 Å². The fourth-order valence-corrected chi connectivity index (χ4v) is 2.78. The van der Waals surface area contributed by atoms with Crippen LogP contribution in [0.15, 0.2) is 46.9 Å². The van der Waals surface area contributed by atoms with E-state index in [9.17, 15) is 4.39 Å². The van der Waals surface area contributed by atoms with Gasteiger partial charge in [-0.3, -0.25) is 0 Å². The summed E-state index contributed by atoms with van der Waals surface area (Å²) < 4.78 is 20.6. The lowest BCUT2D eigenvalue weighted by atomic mass is 9.93. The average molecular weight is 322 g/mol. The molecule has 0 saturated heterocycles. The van der Waals surface area contributed by atoms with E-state index >= 15 is 0 Å². The number of rotatable bonds is 1. The Morgan fingerprint density at radius 1 is 1.16 bits per heavy atom. The van der Waals surface area contributed by atoms with Gasteiger partial charge in [-0.25, -0.2) is 4.39 Å². The Hall–Kier alpha value is -1.39. The second kappa shape index (κ2) is 4.94. The third-order valence-electron chi connectivity index (χ3n) is 3.36. The number of benzene rings is 2. The number of hydrogen-bond donors (Lipinski definition) is 1. The molecule has 2 aromatic carbocycles. The summed E-state index contributed by atoms with van der Waals surface area (Å²) in [6, 6.07) is 12.4. The molecule has 0 amide bonds. The number of hydrogen-bond acceptors (Lipinski definition) is 2. The van der Waals surface area contributed by atoms with Crippen LogP contribution >= 0.6 is 15.9 Å². The van der Waals surface area contributed by atoms with E-state index in [1.165, 1.54) is 6.07 Å². The molecule has 2 aromatic rings. The highest BCUT2D eigenvalue weighted by Crippen LogP contribution is 2.40. The van der Waals surface area contributed by atoms with Gasteiger partial charge < -0.3 is 10.5 Å². The third kappa shape index (κ3) is 2.38. The zero-order valence-electron chi connectivity index (χ0n) is 10.1. The Morgan fingerprint density at radius 3 is 2.79 bits per heavy atom. The van der Waals surface area contributed by atoms with Crippen LogP contribution in [-0.4, -0.2) is 0 Å². The fraction of sp³-hybridized carbons (Fsp3) is 0.200. The van der Waals surface area contributed by atoms with Crippen LogP contribution in [0, 0.1) is 5.82 Å². The molecule has 19 heavy (non-hydrogen) atoms. The number of nitrogens with two attached hydrogens (primary N) is 1. The van der Waals surface area contributed by atoms with Crippen LogP contribution in [0.2, 0.25) is 0 Å². The molecule has 0 saturated carbocycles. The molecule has 1 aliphatic heterocycles. The van der Waals surface area contributed by atoms with E-state index in [2.05, 4.69) is 15.9 Å². The van der Waals surface area contributed by atoms with E-state index in [0.717, 1.165) is 15.8 Å². The standard InChI is InChI=1S/C15H13BrFNO/c16-9-5-6-12(17)11(7-9)15-8-13(18)10-3-1-2-4-14(10)19-15/h1-7,13,15H,8,18H2/t13-,15?/m1/s1. The normalized spacial score (nSPS) is 21.6. The van der Waals surface area contributed by atoms with Crippen molar-refractivity contribution in [2.24, 2.45) is 5.73 Å².